The summed E-state index contributed by atoms with van der Waals surface area (Å²) in [6, 6.07) is 12.8. The summed E-state index contributed by atoms with van der Waals surface area (Å²) in [4.78, 5) is 16.2. The van der Waals surface area contributed by atoms with Crippen molar-refractivity contribution in [1.29, 1.82) is 0 Å². The monoisotopic (exact) mass is 434 g/mol. The van der Waals surface area contributed by atoms with E-state index >= 15 is 0 Å². The minimum Gasteiger partial charge on any atom is -0.361 e. The van der Waals surface area contributed by atoms with Crippen LogP contribution in [0.15, 0.2) is 53.8 Å². The molecule has 2 aromatic carbocycles. The molecule has 2 heterocycles. The summed E-state index contributed by atoms with van der Waals surface area (Å²) in [7, 11) is 0. The Bertz CT molecular complexity index is 1120. The number of hydrogen-bond donors (Lipinski definition) is 2. The van der Waals surface area contributed by atoms with Gasteiger partial charge in [0.2, 0.25) is 0 Å². The minimum absolute atomic E-state index is 0.166. The Morgan fingerprint density at radius 2 is 2.06 bits per heavy atom. The number of carbonyl (C=O) groups is 1. The number of para-hydroxylation sites is 1. The van der Waals surface area contributed by atoms with Gasteiger partial charge in [0.25, 0.3) is 5.91 Å². The summed E-state index contributed by atoms with van der Waals surface area (Å²) in [5.74, 6) is -0.412. The van der Waals surface area contributed by atoms with E-state index in [2.05, 4.69) is 47.4 Å². The fourth-order valence-corrected chi connectivity index (χ4v) is 4.42. The lowest BCUT2D eigenvalue weighted by molar-refractivity contribution is -0.114. The fourth-order valence-electron chi connectivity index (χ4n) is 4.42. The number of amides is 1. The molecule has 4 rings (SSSR count). The maximum absolute atomic E-state index is 14.5. The molecule has 0 saturated carbocycles. The molecule has 1 aromatic heterocycles. The van der Waals surface area contributed by atoms with E-state index in [1.165, 1.54) is 22.6 Å². The lowest BCUT2D eigenvalue weighted by atomic mass is 10.0. The zero-order chi connectivity index (χ0) is 22.5. The van der Waals surface area contributed by atoms with E-state index in [0.29, 0.717) is 24.2 Å². The summed E-state index contributed by atoms with van der Waals surface area (Å²) in [6.45, 7) is 5.48. The molecular weight excluding hydrogens is 403 g/mol. The topological polar surface area (TPSA) is 60.5 Å². The zero-order valence-corrected chi connectivity index (χ0v) is 18.8. The van der Waals surface area contributed by atoms with Crippen LogP contribution in [0.1, 0.15) is 55.3 Å². The second-order valence-corrected chi connectivity index (χ2v) is 8.48. The highest BCUT2D eigenvalue weighted by Gasteiger charge is 2.32. The molecule has 1 aliphatic heterocycles. The van der Waals surface area contributed by atoms with Crippen LogP contribution in [0.3, 0.4) is 0 Å². The lowest BCUT2D eigenvalue weighted by Crippen LogP contribution is -2.32. The smallest absolute Gasteiger partial charge is 0.267 e. The van der Waals surface area contributed by atoms with Gasteiger partial charge in [0.15, 0.2) is 0 Å². The molecule has 0 radical (unpaired) electrons. The van der Waals surface area contributed by atoms with E-state index in [1.54, 1.807) is 12.1 Å². The highest BCUT2D eigenvalue weighted by atomic mass is 19.1. The summed E-state index contributed by atoms with van der Waals surface area (Å²) < 4.78 is 14.5. The Balaban J connectivity index is 1.41. The van der Waals surface area contributed by atoms with Crippen LogP contribution in [-0.2, 0) is 11.2 Å². The average Bonchev–Trinajstić information content (AvgIpc) is 3.40. The number of nitrogens with zero attached hydrogens (tertiary/aromatic N) is 2. The van der Waals surface area contributed by atoms with Crippen molar-refractivity contribution in [3.63, 3.8) is 0 Å². The molecule has 0 fully saturated rings. The molecule has 1 unspecified atom stereocenters. The molecule has 0 aliphatic carbocycles. The van der Waals surface area contributed by atoms with Gasteiger partial charge < -0.3 is 10.3 Å². The second kappa shape index (κ2) is 9.98. The van der Waals surface area contributed by atoms with Crippen LogP contribution in [0.4, 0.5) is 4.39 Å². The first-order valence-electron chi connectivity index (χ1n) is 11.5. The summed E-state index contributed by atoms with van der Waals surface area (Å²) >= 11 is 0. The van der Waals surface area contributed by atoms with Gasteiger partial charge in [-0.25, -0.2) is 4.39 Å². The highest BCUT2D eigenvalue weighted by molar-refractivity contribution is 6.39. The van der Waals surface area contributed by atoms with Crippen LogP contribution in [0, 0.1) is 12.7 Å². The van der Waals surface area contributed by atoms with Crippen molar-refractivity contribution in [1.82, 2.24) is 15.3 Å². The third-order valence-corrected chi connectivity index (χ3v) is 6.20. The number of halogens is 1. The number of hydrogen-bond acceptors (Lipinski definition) is 3. The Morgan fingerprint density at radius 1 is 1.22 bits per heavy atom. The summed E-state index contributed by atoms with van der Waals surface area (Å²) in [6.07, 6.45) is 6.33. The SMILES string of the molecule is CCCCCN1N=C(C(=O)NCCc2c[nH]c3c(C)cccc23)CC1c1ccccc1F. The van der Waals surface area contributed by atoms with Crippen LogP contribution >= 0.6 is 0 Å². The summed E-state index contributed by atoms with van der Waals surface area (Å²) in [5, 5.41) is 10.7. The number of aryl methyl sites for hydroxylation is 1. The van der Waals surface area contributed by atoms with Gasteiger partial charge in [-0.15, -0.1) is 0 Å². The predicted octanol–water partition coefficient (Wildman–Crippen LogP) is 5.27. The van der Waals surface area contributed by atoms with Gasteiger partial charge in [0.1, 0.15) is 11.5 Å². The van der Waals surface area contributed by atoms with E-state index in [9.17, 15) is 9.18 Å². The van der Waals surface area contributed by atoms with Crippen molar-refractivity contribution < 1.29 is 9.18 Å². The van der Waals surface area contributed by atoms with Crippen LogP contribution < -0.4 is 5.32 Å². The van der Waals surface area contributed by atoms with Gasteiger partial charge >= 0.3 is 0 Å². The largest absolute Gasteiger partial charge is 0.361 e. The van der Waals surface area contributed by atoms with Gasteiger partial charge in [-0.1, -0.05) is 56.2 Å². The number of hydrazone groups is 1. The van der Waals surface area contributed by atoms with Crippen LogP contribution in [0.25, 0.3) is 10.9 Å². The van der Waals surface area contributed by atoms with Crippen molar-refractivity contribution in [3.05, 3.63) is 71.2 Å². The molecule has 2 N–H and O–H groups in total. The Morgan fingerprint density at radius 3 is 2.88 bits per heavy atom. The molecule has 0 saturated heterocycles. The molecular formula is C26H31FN4O. The van der Waals surface area contributed by atoms with Crippen molar-refractivity contribution in [2.24, 2.45) is 5.10 Å². The molecule has 168 valence electrons. The van der Waals surface area contributed by atoms with Crippen LogP contribution in [0.5, 0.6) is 0 Å². The van der Waals surface area contributed by atoms with E-state index in [1.807, 2.05) is 17.3 Å². The Labute approximate surface area is 188 Å². The van der Waals surface area contributed by atoms with E-state index in [4.69, 9.17) is 0 Å². The number of nitrogens with one attached hydrogen (secondary N) is 2. The van der Waals surface area contributed by atoms with Gasteiger partial charge in [-0.3, -0.25) is 9.80 Å². The molecule has 32 heavy (non-hydrogen) atoms. The normalized spacial score (nSPS) is 15.9. The Hall–Kier alpha value is -3.15. The average molecular weight is 435 g/mol. The molecule has 5 nitrogen and oxygen atoms in total. The van der Waals surface area contributed by atoms with Crippen LogP contribution in [-0.4, -0.2) is 34.7 Å². The van der Waals surface area contributed by atoms with E-state index < -0.39 is 0 Å². The van der Waals surface area contributed by atoms with E-state index in [-0.39, 0.29) is 17.8 Å². The fraction of sp³-hybridized carbons (Fsp3) is 0.385. The summed E-state index contributed by atoms with van der Waals surface area (Å²) in [5.41, 5.74) is 4.61. The van der Waals surface area contributed by atoms with Gasteiger partial charge in [0.05, 0.1) is 6.04 Å². The number of benzene rings is 2. The number of aromatic nitrogens is 1. The molecule has 0 bridgehead atoms. The maximum Gasteiger partial charge on any atom is 0.267 e. The molecule has 1 atom stereocenters. The molecule has 1 aliphatic rings. The van der Waals surface area contributed by atoms with Crippen molar-refractivity contribution in [3.8, 4) is 0 Å². The first-order valence-corrected chi connectivity index (χ1v) is 11.5. The molecule has 6 heteroatoms. The van der Waals surface area contributed by atoms with Crippen LogP contribution in [0.2, 0.25) is 0 Å². The molecule has 0 spiro atoms. The number of carbonyl (C=O) groups excluding carboxylic acids is 1. The van der Waals surface area contributed by atoms with E-state index in [0.717, 1.165) is 37.7 Å². The first kappa shape index (κ1) is 22.1. The number of H-pyrrole nitrogens is 1. The third-order valence-electron chi connectivity index (χ3n) is 6.20. The van der Waals surface area contributed by atoms with Gasteiger partial charge in [0, 0.05) is 42.2 Å². The first-order chi connectivity index (χ1) is 15.6. The number of unbranched alkanes of at least 4 members (excludes halogenated alkanes) is 2. The standard InChI is InChI=1S/C26H31FN4O/c1-3-4-7-15-31-24(21-10-5-6-12-22(21)27)16-23(30-31)26(32)28-14-13-19-17-29-25-18(2)9-8-11-20(19)25/h5-6,8-12,17,24,29H,3-4,7,13-16H2,1-2H3,(H,28,32). The lowest BCUT2D eigenvalue weighted by Gasteiger charge is -2.24. The number of aromatic amines is 1. The quantitative estimate of drug-likeness (QED) is 0.451. The number of rotatable bonds is 9. The minimum atomic E-state index is -0.246. The maximum atomic E-state index is 14.5. The Kier molecular flexibility index (Phi) is 6.88. The zero-order valence-electron chi connectivity index (χ0n) is 18.8. The highest BCUT2D eigenvalue weighted by Crippen LogP contribution is 2.32. The number of fused-ring (bicyclic) bond motifs is 1. The van der Waals surface area contributed by atoms with Crippen molar-refractivity contribution in [2.45, 2.75) is 52.0 Å². The third kappa shape index (κ3) is 4.69. The second-order valence-electron chi connectivity index (χ2n) is 8.48. The van der Waals surface area contributed by atoms with Crippen molar-refractivity contribution in [2.75, 3.05) is 13.1 Å². The predicted molar refractivity (Wildman–Crippen MR) is 127 cm³/mol. The van der Waals surface area contributed by atoms with Gasteiger partial charge in [-0.05, 0) is 37.0 Å². The molecule has 1 amide bonds. The van der Waals surface area contributed by atoms with Gasteiger partial charge in [-0.2, -0.15) is 5.10 Å². The van der Waals surface area contributed by atoms with Crippen molar-refractivity contribution >= 4 is 22.5 Å². The molecule has 3 aromatic rings.